The molecular formula is C24H35IN4O2. The van der Waals surface area contributed by atoms with Gasteiger partial charge in [0.2, 0.25) is 0 Å². The highest BCUT2D eigenvalue weighted by molar-refractivity contribution is 14.0. The fraction of sp³-hybridized carbons (Fsp3) is 0.458. The molecule has 0 aliphatic carbocycles. The zero-order valence-corrected chi connectivity index (χ0v) is 21.0. The quantitative estimate of drug-likeness (QED) is 0.228. The highest BCUT2D eigenvalue weighted by Crippen LogP contribution is 2.15. The van der Waals surface area contributed by atoms with Crippen LogP contribution < -0.4 is 10.2 Å². The summed E-state index contributed by atoms with van der Waals surface area (Å²) in [4.78, 5) is 9.26. The van der Waals surface area contributed by atoms with Crippen molar-refractivity contribution in [3.8, 4) is 0 Å². The van der Waals surface area contributed by atoms with Crippen molar-refractivity contribution >= 4 is 35.6 Å². The third-order valence-electron chi connectivity index (χ3n) is 5.20. The maximum atomic E-state index is 5.68. The minimum atomic E-state index is 0. The van der Waals surface area contributed by atoms with E-state index in [-0.39, 0.29) is 24.0 Å². The van der Waals surface area contributed by atoms with Crippen molar-refractivity contribution in [2.75, 3.05) is 57.9 Å². The molecule has 0 spiro atoms. The Balaban J connectivity index is 0.00000341. The number of anilines is 1. The number of nitrogens with one attached hydrogen (secondary N) is 1. The van der Waals surface area contributed by atoms with Gasteiger partial charge in [-0.2, -0.15) is 0 Å². The summed E-state index contributed by atoms with van der Waals surface area (Å²) < 4.78 is 11.0. The second kappa shape index (κ2) is 14.3. The lowest BCUT2D eigenvalue weighted by Crippen LogP contribution is -2.52. The number of nitrogens with zero attached hydrogens (tertiary/aromatic N) is 3. The SMILES string of the molecule is CCOCCOCc1cccc(CNC(=NC)N2CCN(c3ccccc3)CC2)c1.I. The number of piperazine rings is 1. The van der Waals surface area contributed by atoms with E-state index in [4.69, 9.17) is 9.47 Å². The van der Waals surface area contributed by atoms with Crippen LogP contribution in [0.1, 0.15) is 18.1 Å². The molecule has 0 amide bonds. The first-order valence-electron chi connectivity index (χ1n) is 10.8. The fourth-order valence-electron chi connectivity index (χ4n) is 3.61. The highest BCUT2D eigenvalue weighted by Gasteiger charge is 2.19. The molecule has 2 aromatic carbocycles. The summed E-state index contributed by atoms with van der Waals surface area (Å²) >= 11 is 0. The number of ether oxygens (including phenoxy) is 2. The summed E-state index contributed by atoms with van der Waals surface area (Å²) in [6.07, 6.45) is 0. The Bertz CT molecular complexity index is 780. The van der Waals surface area contributed by atoms with Gasteiger partial charge in [0.15, 0.2) is 5.96 Å². The number of aliphatic imine (C=N–C) groups is 1. The summed E-state index contributed by atoms with van der Waals surface area (Å²) in [6, 6.07) is 19.1. The predicted molar refractivity (Wildman–Crippen MR) is 138 cm³/mol. The van der Waals surface area contributed by atoms with Crippen LogP contribution in [0.25, 0.3) is 0 Å². The van der Waals surface area contributed by atoms with E-state index in [0.717, 1.165) is 45.3 Å². The predicted octanol–water partition coefficient (Wildman–Crippen LogP) is 3.76. The second-order valence-corrected chi connectivity index (χ2v) is 7.28. The number of hydrogen-bond acceptors (Lipinski definition) is 4. The zero-order chi connectivity index (χ0) is 21.0. The maximum Gasteiger partial charge on any atom is 0.194 e. The van der Waals surface area contributed by atoms with Crippen molar-refractivity contribution in [1.29, 1.82) is 0 Å². The van der Waals surface area contributed by atoms with Crippen molar-refractivity contribution in [2.45, 2.75) is 20.1 Å². The Morgan fingerprint density at radius 1 is 0.935 bits per heavy atom. The fourth-order valence-corrected chi connectivity index (χ4v) is 3.61. The van der Waals surface area contributed by atoms with E-state index in [0.29, 0.717) is 19.8 Å². The van der Waals surface area contributed by atoms with E-state index in [1.165, 1.54) is 16.8 Å². The third-order valence-corrected chi connectivity index (χ3v) is 5.20. The molecule has 0 saturated carbocycles. The summed E-state index contributed by atoms with van der Waals surface area (Å²) in [7, 11) is 1.86. The van der Waals surface area contributed by atoms with Gasteiger partial charge in [0, 0.05) is 52.1 Å². The topological polar surface area (TPSA) is 49.3 Å². The number of benzene rings is 2. The summed E-state index contributed by atoms with van der Waals surface area (Å²) in [5.41, 5.74) is 3.70. The summed E-state index contributed by atoms with van der Waals surface area (Å²) in [5, 5.41) is 3.52. The van der Waals surface area contributed by atoms with Crippen LogP contribution in [0.5, 0.6) is 0 Å². The molecule has 1 N–H and O–H groups in total. The van der Waals surface area contributed by atoms with Crippen molar-refractivity contribution in [3.05, 3.63) is 65.7 Å². The largest absolute Gasteiger partial charge is 0.379 e. The average Bonchev–Trinajstić information content (AvgIpc) is 2.81. The van der Waals surface area contributed by atoms with Gasteiger partial charge in [-0.3, -0.25) is 4.99 Å². The zero-order valence-electron chi connectivity index (χ0n) is 18.6. The van der Waals surface area contributed by atoms with Gasteiger partial charge in [0.25, 0.3) is 0 Å². The molecule has 3 rings (SSSR count). The standard InChI is InChI=1S/C24H34N4O2.HI/c1-3-29-16-17-30-20-22-9-7-8-21(18-22)19-26-24(25-2)28-14-12-27(13-15-28)23-10-5-4-6-11-23;/h4-11,18H,3,12-17,19-20H2,1-2H3,(H,25,26);1H. The molecule has 1 heterocycles. The van der Waals surface area contributed by atoms with Gasteiger partial charge in [-0.05, 0) is 30.2 Å². The van der Waals surface area contributed by atoms with Crippen LogP contribution in [-0.2, 0) is 22.6 Å². The van der Waals surface area contributed by atoms with E-state index in [9.17, 15) is 0 Å². The molecule has 1 aliphatic rings. The molecule has 1 aliphatic heterocycles. The van der Waals surface area contributed by atoms with Gasteiger partial charge in [-0.15, -0.1) is 24.0 Å². The number of para-hydroxylation sites is 1. The third kappa shape index (κ3) is 8.31. The van der Waals surface area contributed by atoms with E-state index in [2.05, 4.69) is 74.7 Å². The molecule has 170 valence electrons. The Morgan fingerprint density at radius 2 is 1.65 bits per heavy atom. The Kier molecular flexibility index (Phi) is 11.7. The Morgan fingerprint density at radius 3 is 2.35 bits per heavy atom. The Labute approximate surface area is 203 Å². The minimum Gasteiger partial charge on any atom is -0.379 e. The van der Waals surface area contributed by atoms with Gasteiger partial charge in [0.1, 0.15) is 0 Å². The molecule has 1 fully saturated rings. The minimum absolute atomic E-state index is 0. The van der Waals surface area contributed by atoms with E-state index < -0.39 is 0 Å². The van der Waals surface area contributed by atoms with Crippen LogP contribution in [0.3, 0.4) is 0 Å². The lowest BCUT2D eigenvalue weighted by atomic mass is 10.1. The molecule has 0 unspecified atom stereocenters. The monoisotopic (exact) mass is 538 g/mol. The molecule has 31 heavy (non-hydrogen) atoms. The van der Waals surface area contributed by atoms with Gasteiger partial charge in [0.05, 0.1) is 19.8 Å². The first-order chi connectivity index (χ1) is 14.8. The summed E-state index contributed by atoms with van der Waals surface area (Å²) in [5.74, 6) is 0.959. The van der Waals surface area contributed by atoms with Gasteiger partial charge in [-0.1, -0.05) is 42.5 Å². The van der Waals surface area contributed by atoms with Crippen molar-refractivity contribution in [1.82, 2.24) is 10.2 Å². The normalized spacial score (nSPS) is 14.3. The number of hydrogen-bond donors (Lipinski definition) is 1. The Hall–Kier alpha value is -1.84. The second-order valence-electron chi connectivity index (χ2n) is 7.28. The maximum absolute atomic E-state index is 5.68. The van der Waals surface area contributed by atoms with Crippen molar-refractivity contribution in [2.24, 2.45) is 4.99 Å². The van der Waals surface area contributed by atoms with Crippen LogP contribution in [0.15, 0.2) is 59.6 Å². The van der Waals surface area contributed by atoms with E-state index in [1.807, 2.05) is 14.0 Å². The highest BCUT2D eigenvalue weighted by atomic mass is 127. The van der Waals surface area contributed by atoms with Crippen LogP contribution >= 0.6 is 24.0 Å². The van der Waals surface area contributed by atoms with Crippen LogP contribution in [0.4, 0.5) is 5.69 Å². The number of guanidine groups is 1. The lowest BCUT2D eigenvalue weighted by Gasteiger charge is -2.37. The first-order valence-corrected chi connectivity index (χ1v) is 10.8. The number of rotatable bonds is 9. The van der Waals surface area contributed by atoms with Crippen molar-refractivity contribution in [3.63, 3.8) is 0 Å². The first kappa shape index (κ1) is 25.4. The molecular weight excluding hydrogens is 503 g/mol. The molecule has 7 heteroatoms. The lowest BCUT2D eigenvalue weighted by molar-refractivity contribution is 0.0453. The van der Waals surface area contributed by atoms with E-state index in [1.54, 1.807) is 0 Å². The van der Waals surface area contributed by atoms with Crippen LogP contribution in [0.2, 0.25) is 0 Å². The molecule has 0 bridgehead atoms. The number of halogens is 1. The van der Waals surface area contributed by atoms with Crippen molar-refractivity contribution < 1.29 is 9.47 Å². The molecule has 0 radical (unpaired) electrons. The van der Waals surface area contributed by atoms with Gasteiger partial charge in [-0.25, -0.2) is 0 Å². The molecule has 2 aromatic rings. The molecule has 1 saturated heterocycles. The molecule has 6 nitrogen and oxygen atoms in total. The van der Waals surface area contributed by atoms with Gasteiger partial charge < -0.3 is 24.6 Å². The summed E-state index contributed by atoms with van der Waals surface area (Å²) in [6.45, 7) is 9.27. The average molecular weight is 538 g/mol. The molecule has 0 aromatic heterocycles. The van der Waals surface area contributed by atoms with Crippen LogP contribution in [0, 0.1) is 0 Å². The van der Waals surface area contributed by atoms with Crippen LogP contribution in [-0.4, -0.2) is 63.9 Å². The van der Waals surface area contributed by atoms with E-state index >= 15 is 0 Å². The molecule has 0 atom stereocenters. The van der Waals surface area contributed by atoms with Gasteiger partial charge >= 0.3 is 0 Å². The smallest absolute Gasteiger partial charge is 0.194 e.